The SMILES string of the molecule is CCC(O)CCNc1ccc(N)c2cc(Br)cnc12. The van der Waals surface area contributed by atoms with Crippen molar-refractivity contribution < 1.29 is 5.11 Å². The molecule has 102 valence electrons. The quantitative estimate of drug-likeness (QED) is 0.739. The van der Waals surface area contributed by atoms with Gasteiger partial charge in [0.2, 0.25) is 0 Å². The fraction of sp³-hybridized carbons (Fsp3) is 0.357. The lowest BCUT2D eigenvalue weighted by molar-refractivity contribution is 0.164. The highest BCUT2D eigenvalue weighted by Gasteiger charge is 2.07. The van der Waals surface area contributed by atoms with Crippen molar-refractivity contribution >= 4 is 38.2 Å². The fourth-order valence-corrected chi connectivity index (χ4v) is 2.27. The van der Waals surface area contributed by atoms with E-state index in [9.17, 15) is 5.11 Å². The molecule has 0 spiro atoms. The van der Waals surface area contributed by atoms with Crippen LogP contribution in [0.1, 0.15) is 19.8 Å². The van der Waals surface area contributed by atoms with Crippen LogP contribution in [0.15, 0.2) is 28.9 Å². The molecule has 0 radical (unpaired) electrons. The van der Waals surface area contributed by atoms with Crippen molar-refractivity contribution in [2.45, 2.75) is 25.9 Å². The van der Waals surface area contributed by atoms with Gasteiger partial charge in [-0.2, -0.15) is 0 Å². The van der Waals surface area contributed by atoms with Crippen molar-refractivity contribution in [3.05, 3.63) is 28.9 Å². The highest BCUT2D eigenvalue weighted by Crippen LogP contribution is 2.28. The van der Waals surface area contributed by atoms with Gasteiger partial charge >= 0.3 is 0 Å². The summed E-state index contributed by atoms with van der Waals surface area (Å²) in [7, 11) is 0. The lowest BCUT2D eigenvalue weighted by atomic mass is 10.1. The second-order valence-corrected chi connectivity index (χ2v) is 5.45. The maximum Gasteiger partial charge on any atom is 0.0954 e. The number of fused-ring (bicyclic) bond motifs is 1. The van der Waals surface area contributed by atoms with Crippen LogP contribution in [0.5, 0.6) is 0 Å². The van der Waals surface area contributed by atoms with Crippen LogP contribution in [-0.4, -0.2) is 22.7 Å². The Morgan fingerprint density at radius 1 is 1.47 bits per heavy atom. The van der Waals surface area contributed by atoms with Gasteiger partial charge in [0.05, 0.1) is 17.3 Å². The second kappa shape index (κ2) is 6.21. The van der Waals surface area contributed by atoms with Crippen LogP contribution in [0.25, 0.3) is 10.9 Å². The molecule has 1 heterocycles. The highest BCUT2D eigenvalue weighted by atomic mass is 79.9. The summed E-state index contributed by atoms with van der Waals surface area (Å²) in [6.07, 6.45) is 3.00. The number of nitrogen functional groups attached to an aromatic ring is 1. The summed E-state index contributed by atoms with van der Waals surface area (Å²) >= 11 is 3.40. The van der Waals surface area contributed by atoms with E-state index < -0.39 is 0 Å². The summed E-state index contributed by atoms with van der Waals surface area (Å²) < 4.78 is 0.908. The lowest BCUT2D eigenvalue weighted by Gasteiger charge is -2.12. The van der Waals surface area contributed by atoms with Gasteiger partial charge in [-0.1, -0.05) is 6.92 Å². The molecule has 2 aromatic rings. The van der Waals surface area contributed by atoms with E-state index in [1.54, 1.807) is 6.20 Å². The maximum absolute atomic E-state index is 9.55. The molecule has 1 unspecified atom stereocenters. The van der Waals surface area contributed by atoms with Crippen LogP contribution in [0.2, 0.25) is 0 Å². The predicted octanol–water partition coefficient (Wildman–Crippen LogP) is 3.15. The molecule has 0 aliphatic heterocycles. The number of nitrogens with one attached hydrogen (secondary N) is 1. The van der Waals surface area contributed by atoms with E-state index in [1.807, 2.05) is 25.1 Å². The number of nitrogens with zero attached hydrogens (tertiary/aromatic N) is 1. The van der Waals surface area contributed by atoms with E-state index in [-0.39, 0.29) is 6.10 Å². The van der Waals surface area contributed by atoms with Gasteiger partial charge in [-0.05, 0) is 47.0 Å². The first-order valence-corrected chi connectivity index (χ1v) is 7.16. The first kappa shape index (κ1) is 14.1. The Kier molecular flexibility index (Phi) is 4.61. The number of aliphatic hydroxyl groups is 1. The van der Waals surface area contributed by atoms with Gasteiger partial charge in [-0.15, -0.1) is 0 Å². The third-order valence-electron chi connectivity index (χ3n) is 3.11. The Morgan fingerprint density at radius 2 is 2.26 bits per heavy atom. The molecule has 0 fully saturated rings. The summed E-state index contributed by atoms with van der Waals surface area (Å²) in [5, 5.41) is 13.8. The van der Waals surface area contributed by atoms with Crippen LogP contribution < -0.4 is 11.1 Å². The number of aromatic nitrogens is 1. The van der Waals surface area contributed by atoms with E-state index in [0.717, 1.165) is 33.9 Å². The normalized spacial score (nSPS) is 12.6. The molecule has 19 heavy (non-hydrogen) atoms. The molecule has 0 amide bonds. The molecular formula is C14H18BrN3O. The summed E-state index contributed by atoms with van der Waals surface area (Å²) in [5.41, 5.74) is 8.48. The average molecular weight is 324 g/mol. The van der Waals surface area contributed by atoms with Gasteiger partial charge in [0.25, 0.3) is 0 Å². The molecule has 1 atom stereocenters. The molecular weight excluding hydrogens is 306 g/mol. The molecule has 2 rings (SSSR count). The van der Waals surface area contributed by atoms with Crippen molar-refractivity contribution in [3.8, 4) is 0 Å². The van der Waals surface area contributed by atoms with Crippen LogP contribution >= 0.6 is 15.9 Å². The van der Waals surface area contributed by atoms with Gasteiger partial charge in [-0.25, -0.2) is 0 Å². The zero-order chi connectivity index (χ0) is 13.8. The minimum absolute atomic E-state index is 0.255. The summed E-state index contributed by atoms with van der Waals surface area (Å²) in [6.45, 7) is 2.69. The van der Waals surface area contributed by atoms with Gasteiger partial charge in [0.15, 0.2) is 0 Å². The van der Waals surface area contributed by atoms with Crippen molar-refractivity contribution in [2.24, 2.45) is 0 Å². The van der Waals surface area contributed by atoms with Crippen molar-refractivity contribution in [1.29, 1.82) is 0 Å². The molecule has 1 aromatic heterocycles. The highest BCUT2D eigenvalue weighted by molar-refractivity contribution is 9.10. The molecule has 1 aromatic carbocycles. The standard InChI is InChI=1S/C14H18BrN3O/c1-2-10(19)5-6-17-13-4-3-12(16)11-7-9(15)8-18-14(11)13/h3-4,7-8,10,17,19H,2,5-6,16H2,1H3. The predicted molar refractivity (Wildman–Crippen MR) is 83.3 cm³/mol. The Hall–Kier alpha value is -1.33. The maximum atomic E-state index is 9.55. The topological polar surface area (TPSA) is 71.2 Å². The minimum Gasteiger partial charge on any atom is -0.398 e. The van der Waals surface area contributed by atoms with E-state index in [1.165, 1.54) is 0 Å². The monoisotopic (exact) mass is 323 g/mol. The number of benzene rings is 1. The van der Waals surface area contributed by atoms with E-state index in [0.29, 0.717) is 12.2 Å². The number of aliphatic hydroxyl groups excluding tert-OH is 1. The second-order valence-electron chi connectivity index (χ2n) is 4.53. The lowest BCUT2D eigenvalue weighted by Crippen LogP contribution is -2.12. The molecule has 4 N–H and O–H groups in total. The van der Waals surface area contributed by atoms with Crippen LogP contribution in [0.3, 0.4) is 0 Å². The van der Waals surface area contributed by atoms with Crippen molar-refractivity contribution in [2.75, 3.05) is 17.6 Å². The zero-order valence-electron chi connectivity index (χ0n) is 10.9. The first-order valence-electron chi connectivity index (χ1n) is 6.37. The fourth-order valence-electron chi connectivity index (χ4n) is 1.94. The van der Waals surface area contributed by atoms with E-state index in [2.05, 4.69) is 26.2 Å². The summed E-state index contributed by atoms with van der Waals surface area (Å²) in [6, 6.07) is 5.76. The number of rotatable bonds is 5. The van der Waals surface area contributed by atoms with E-state index >= 15 is 0 Å². The summed E-state index contributed by atoms with van der Waals surface area (Å²) in [4.78, 5) is 4.41. The molecule has 0 aliphatic rings. The molecule has 0 saturated carbocycles. The van der Waals surface area contributed by atoms with Crippen LogP contribution in [-0.2, 0) is 0 Å². The average Bonchev–Trinajstić information content (AvgIpc) is 2.41. The van der Waals surface area contributed by atoms with Crippen LogP contribution in [0, 0.1) is 0 Å². The Bertz CT molecular complexity index is 574. The third kappa shape index (κ3) is 3.36. The molecule has 5 heteroatoms. The van der Waals surface area contributed by atoms with Gasteiger partial charge < -0.3 is 16.2 Å². The first-order chi connectivity index (χ1) is 9.11. The summed E-state index contributed by atoms with van der Waals surface area (Å²) in [5.74, 6) is 0. The van der Waals surface area contributed by atoms with Gasteiger partial charge in [-0.3, -0.25) is 4.98 Å². The third-order valence-corrected chi connectivity index (χ3v) is 3.55. The molecule has 0 aliphatic carbocycles. The molecule has 0 saturated heterocycles. The van der Waals surface area contributed by atoms with E-state index in [4.69, 9.17) is 5.73 Å². The Morgan fingerprint density at radius 3 is 3.00 bits per heavy atom. The number of pyridine rings is 1. The van der Waals surface area contributed by atoms with Crippen molar-refractivity contribution in [1.82, 2.24) is 4.98 Å². The van der Waals surface area contributed by atoms with Crippen molar-refractivity contribution in [3.63, 3.8) is 0 Å². The number of hydrogen-bond donors (Lipinski definition) is 3. The van der Waals surface area contributed by atoms with Gasteiger partial charge in [0.1, 0.15) is 0 Å². The Balaban J connectivity index is 2.22. The number of halogens is 1. The van der Waals surface area contributed by atoms with Crippen LogP contribution in [0.4, 0.5) is 11.4 Å². The van der Waals surface area contributed by atoms with Gasteiger partial charge in [0, 0.05) is 28.3 Å². The smallest absolute Gasteiger partial charge is 0.0954 e. The molecule has 0 bridgehead atoms. The Labute approximate surface area is 121 Å². The number of nitrogens with two attached hydrogens (primary N) is 1. The number of hydrogen-bond acceptors (Lipinski definition) is 4. The zero-order valence-corrected chi connectivity index (χ0v) is 12.4. The minimum atomic E-state index is -0.255. The molecule has 4 nitrogen and oxygen atoms in total. The largest absolute Gasteiger partial charge is 0.398 e. The number of anilines is 2.